The molecule has 1 aromatic rings. The molecule has 0 heterocycles. The molecule has 0 saturated heterocycles. The predicted molar refractivity (Wildman–Crippen MR) is 55.8 cm³/mol. The third kappa shape index (κ3) is 5.24. The summed E-state index contributed by atoms with van der Waals surface area (Å²) >= 11 is 0. The van der Waals surface area contributed by atoms with Gasteiger partial charge in [0.2, 0.25) is 0 Å². The molecule has 0 aromatic heterocycles. The van der Waals surface area contributed by atoms with Crippen LogP contribution in [0.25, 0.3) is 0 Å². The maximum absolute atomic E-state index is 10.7. The largest absolute Gasteiger partial charge is 1.00 e. The molecule has 0 amide bonds. The van der Waals surface area contributed by atoms with Crippen LogP contribution in [0.5, 0.6) is 11.5 Å². The molecule has 0 saturated carbocycles. The Labute approximate surface area is 127 Å². The third-order valence-corrected chi connectivity index (χ3v) is 1.84. The second-order valence-corrected chi connectivity index (χ2v) is 3.05. The van der Waals surface area contributed by atoms with Crippen LogP contribution >= 0.6 is 0 Å². The van der Waals surface area contributed by atoms with Gasteiger partial charge in [0.15, 0.2) is 25.1 Å². The standard InChI is InChI=1S/C11H14O6.Na/c1-14-6-16-9-4-3-8(11(12)13)5-10(9)17-7-15-2;/h3-5H,6-7H2,1-2H3,(H,12,13);/q;+1/p-1. The Kier molecular flexibility index (Phi) is 8.78. The van der Waals surface area contributed by atoms with E-state index in [4.69, 9.17) is 18.9 Å². The summed E-state index contributed by atoms with van der Waals surface area (Å²) in [6, 6.07) is 4.13. The molecule has 1 aromatic carbocycles. The van der Waals surface area contributed by atoms with Gasteiger partial charge in [-0.1, -0.05) is 0 Å². The molecule has 18 heavy (non-hydrogen) atoms. The van der Waals surface area contributed by atoms with Crippen LogP contribution in [0, 0.1) is 0 Å². The van der Waals surface area contributed by atoms with Gasteiger partial charge in [-0.3, -0.25) is 0 Å². The van der Waals surface area contributed by atoms with E-state index in [9.17, 15) is 9.90 Å². The number of ether oxygens (including phenoxy) is 4. The molecule has 7 heteroatoms. The van der Waals surface area contributed by atoms with Crippen LogP contribution < -0.4 is 44.1 Å². The van der Waals surface area contributed by atoms with Crippen LogP contribution in [0.4, 0.5) is 0 Å². The topological polar surface area (TPSA) is 77.1 Å². The molecule has 1 rings (SSSR count). The normalized spacial score (nSPS) is 9.44. The zero-order valence-corrected chi connectivity index (χ0v) is 12.6. The van der Waals surface area contributed by atoms with Crippen molar-refractivity contribution in [1.82, 2.24) is 0 Å². The van der Waals surface area contributed by atoms with Crippen LogP contribution in [0.15, 0.2) is 18.2 Å². The first-order valence-electron chi connectivity index (χ1n) is 4.78. The minimum Gasteiger partial charge on any atom is -0.545 e. The van der Waals surface area contributed by atoms with Crippen molar-refractivity contribution in [1.29, 1.82) is 0 Å². The summed E-state index contributed by atoms with van der Waals surface area (Å²) in [5.74, 6) is -0.662. The second-order valence-electron chi connectivity index (χ2n) is 3.05. The van der Waals surface area contributed by atoms with Crippen molar-refractivity contribution in [3.8, 4) is 11.5 Å². The average Bonchev–Trinajstić information content (AvgIpc) is 2.34. The summed E-state index contributed by atoms with van der Waals surface area (Å²) < 4.78 is 19.9. The van der Waals surface area contributed by atoms with Gasteiger partial charge in [-0.15, -0.1) is 0 Å². The smallest absolute Gasteiger partial charge is 0.545 e. The minimum absolute atomic E-state index is 0. The monoisotopic (exact) mass is 264 g/mol. The zero-order valence-electron chi connectivity index (χ0n) is 10.6. The average molecular weight is 264 g/mol. The predicted octanol–water partition coefficient (Wildman–Crippen LogP) is -2.98. The van der Waals surface area contributed by atoms with E-state index in [-0.39, 0.29) is 54.5 Å². The molecule has 0 N–H and O–H groups in total. The fourth-order valence-corrected chi connectivity index (χ4v) is 1.11. The molecule has 0 fully saturated rings. The maximum Gasteiger partial charge on any atom is 1.00 e. The number of carbonyl (C=O) groups is 1. The van der Waals surface area contributed by atoms with E-state index >= 15 is 0 Å². The Morgan fingerprint density at radius 1 is 1.11 bits per heavy atom. The van der Waals surface area contributed by atoms with Crippen molar-refractivity contribution >= 4 is 5.97 Å². The first-order valence-corrected chi connectivity index (χ1v) is 4.78. The molecule has 0 aliphatic rings. The van der Waals surface area contributed by atoms with E-state index in [0.717, 1.165) is 0 Å². The van der Waals surface area contributed by atoms with Gasteiger partial charge in [0.05, 0.1) is 5.97 Å². The summed E-state index contributed by atoms with van der Waals surface area (Å²) in [5, 5.41) is 10.7. The first-order chi connectivity index (χ1) is 8.19. The Balaban J connectivity index is 0.00000289. The van der Waals surface area contributed by atoms with Crippen LogP contribution in [-0.2, 0) is 9.47 Å². The van der Waals surface area contributed by atoms with Crippen molar-refractivity contribution in [3.05, 3.63) is 23.8 Å². The molecule has 6 nitrogen and oxygen atoms in total. The number of rotatable bonds is 7. The maximum atomic E-state index is 10.7. The number of hydrogen-bond acceptors (Lipinski definition) is 6. The molecule has 0 radical (unpaired) electrons. The van der Waals surface area contributed by atoms with E-state index in [2.05, 4.69) is 0 Å². The number of hydrogen-bond donors (Lipinski definition) is 0. The SMILES string of the molecule is COCOc1ccc(C(=O)[O-])cc1OCOC.[Na+]. The molecule has 0 spiro atoms. The van der Waals surface area contributed by atoms with Crippen molar-refractivity contribution in [2.75, 3.05) is 27.8 Å². The van der Waals surface area contributed by atoms with Crippen molar-refractivity contribution in [2.45, 2.75) is 0 Å². The van der Waals surface area contributed by atoms with Gasteiger partial charge in [-0.2, -0.15) is 0 Å². The van der Waals surface area contributed by atoms with Gasteiger partial charge in [0.25, 0.3) is 0 Å². The van der Waals surface area contributed by atoms with Gasteiger partial charge < -0.3 is 28.8 Å². The van der Waals surface area contributed by atoms with Gasteiger partial charge in [0, 0.05) is 19.8 Å². The summed E-state index contributed by atoms with van der Waals surface area (Å²) in [4.78, 5) is 10.7. The third-order valence-electron chi connectivity index (χ3n) is 1.84. The van der Waals surface area contributed by atoms with Crippen molar-refractivity contribution in [3.63, 3.8) is 0 Å². The van der Waals surface area contributed by atoms with E-state index in [1.54, 1.807) is 0 Å². The van der Waals surface area contributed by atoms with E-state index in [1.807, 2.05) is 0 Å². The second kappa shape index (κ2) is 9.18. The van der Waals surface area contributed by atoms with Gasteiger partial charge in [-0.25, -0.2) is 0 Å². The number of benzene rings is 1. The van der Waals surface area contributed by atoms with Crippen LogP contribution in [0.3, 0.4) is 0 Å². The number of carbonyl (C=O) groups excluding carboxylic acids is 1. The first kappa shape index (κ1) is 17.2. The fourth-order valence-electron chi connectivity index (χ4n) is 1.11. The number of methoxy groups -OCH3 is 2. The van der Waals surface area contributed by atoms with Gasteiger partial charge >= 0.3 is 29.6 Å². The summed E-state index contributed by atoms with van der Waals surface area (Å²) in [6.45, 7) is 0.0217. The van der Waals surface area contributed by atoms with Gasteiger partial charge in [-0.05, 0) is 18.2 Å². The Morgan fingerprint density at radius 3 is 2.17 bits per heavy atom. The molecule has 0 bridgehead atoms. The zero-order chi connectivity index (χ0) is 12.7. The molecule has 0 unspecified atom stereocenters. The number of carboxylic acids is 1. The van der Waals surface area contributed by atoms with Crippen LogP contribution in [0.1, 0.15) is 10.4 Å². The van der Waals surface area contributed by atoms with Crippen LogP contribution in [0.2, 0.25) is 0 Å². The summed E-state index contributed by atoms with van der Waals surface area (Å²) in [7, 11) is 2.93. The Morgan fingerprint density at radius 2 is 1.67 bits per heavy atom. The van der Waals surface area contributed by atoms with Gasteiger partial charge in [0.1, 0.15) is 0 Å². The van der Waals surface area contributed by atoms with Crippen molar-refractivity contribution in [2.24, 2.45) is 0 Å². The molecule has 0 atom stereocenters. The molecule has 0 aliphatic carbocycles. The minimum atomic E-state index is -1.29. The molecular formula is C11H13NaO6. The van der Waals surface area contributed by atoms with Crippen molar-refractivity contribution < 1.29 is 58.4 Å². The Hall–Kier alpha value is -0.790. The van der Waals surface area contributed by atoms with E-state index < -0.39 is 5.97 Å². The molecular weight excluding hydrogens is 251 g/mol. The quantitative estimate of drug-likeness (QED) is 0.386. The fraction of sp³-hybridized carbons (Fsp3) is 0.364. The van der Waals surface area contributed by atoms with E-state index in [0.29, 0.717) is 5.75 Å². The van der Waals surface area contributed by atoms with Crippen LogP contribution in [-0.4, -0.2) is 33.8 Å². The summed E-state index contributed by atoms with van der Waals surface area (Å²) in [5.41, 5.74) is 0.000805. The summed E-state index contributed by atoms with van der Waals surface area (Å²) in [6.07, 6.45) is 0. The molecule has 0 aliphatic heterocycles. The number of aromatic carboxylic acids is 1. The molecule has 94 valence electrons. The Bertz CT molecular complexity index is 382. The number of carboxylic acid groups (broad SMARTS) is 1. The van der Waals surface area contributed by atoms with E-state index in [1.165, 1.54) is 32.4 Å².